The molecule has 0 aliphatic carbocycles. The third-order valence-corrected chi connectivity index (χ3v) is 6.41. The number of amides is 1. The molecule has 0 unspecified atom stereocenters. The lowest BCUT2D eigenvalue weighted by Gasteiger charge is -2.23. The van der Waals surface area contributed by atoms with Gasteiger partial charge in [-0.25, -0.2) is 8.42 Å². The van der Waals surface area contributed by atoms with Crippen LogP contribution in [0.1, 0.15) is 12.5 Å². The quantitative estimate of drug-likeness (QED) is 0.643. The van der Waals surface area contributed by atoms with Crippen LogP contribution in [0.2, 0.25) is 10.0 Å². The van der Waals surface area contributed by atoms with Crippen molar-refractivity contribution < 1.29 is 17.9 Å². The molecular formula is C19H22Cl2N2O4S. The number of carbonyl (C=O) groups is 1. The van der Waals surface area contributed by atoms with Crippen molar-refractivity contribution in [1.29, 1.82) is 0 Å². The van der Waals surface area contributed by atoms with Crippen LogP contribution in [-0.4, -0.2) is 44.9 Å². The van der Waals surface area contributed by atoms with E-state index in [1.165, 1.54) is 19.2 Å². The van der Waals surface area contributed by atoms with Gasteiger partial charge in [0.15, 0.2) is 0 Å². The summed E-state index contributed by atoms with van der Waals surface area (Å²) in [6.07, 6.45) is 0. The molecule has 1 atom stereocenters. The molecule has 0 radical (unpaired) electrons. The van der Waals surface area contributed by atoms with Crippen LogP contribution in [0.5, 0.6) is 0 Å². The molecule has 0 saturated heterocycles. The van der Waals surface area contributed by atoms with Crippen LogP contribution in [0, 0.1) is 0 Å². The third-order valence-electron chi connectivity index (χ3n) is 3.87. The van der Waals surface area contributed by atoms with E-state index >= 15 is 0 Å². The Morgan fingerprint density at radius 2 is 1.82 bits per heavy atom. The smallest absolute Gasteiger partial charge is 0.243 e. The molecule has 0 spiro atoms. The van der Waals surface area contributed by atoms with Gasteiger partial charge in [-0.15, -0.1) is 0 Å². The van der Waals surface area contributed by atoms with Crippen molar-refractivity contribution in [2.75, 3.05) is 20.3 Å². The Kier molecular flexibility index (Phi) is 8.27. The molecule has 0 bridgehead atoms. The van der Waals surface area contributed by atoms with Crippen molar-refractivity contribution in [3.63, 3.8) is 0 Å². The molecule has 1 amide bonds. The summed E-state index contributed by atoms with van der Waals surface area (Å²) in [5.74, 6) is -0.427. The van der Waals surface area contributed by atoms with E-state index in [9.17, 15) is 13.2 Å². The number of hydrogen-bond donors (Lipinski definition) is 1. The lowest BCUT2D eigenvalue weighted by molar-refractivity contribution is -0.122. The highest BCUT2D eigenvalue weighted by Gasteiger charge is 2.27. The molecule has 6 nitrogen and oxygen atoms in total. The number of ether oxygens (including phenoxy) is 1. The van der Waals surface area contributed by atoms with Gasteiger partial charge < -0.3 is 10.1 Å². The fraction of sp³-hybridized carbons (Fsp3) is 0.316. The second-order valence-corrected chi connectivity index (χ2v) is 9.01. The Labute approximate surface area is 175 Å². The molecule has 28 heavy (non-hydrogen) atoms. The van der Waals surface area contributed by atoms with Gasteiger partial charge in [0.1, 0.15) is 0 Å². The number of methoxy groups -OCH3 is 1. The Bertz CT molecular complexity index is 907. The van der Waals surface area contributed by atoms with Gasteiger partial charge in [-0.2, -0.15) is 4.31 Å². The minimum absolute atomic E-state index is 0.0276. The van der Waals surface area contributed by atoms with E-state index in [-0.39, 0.29) is 24.0 Å². The van der Waals surface area contributed by atoms with Crippen molar-refractivity contribution in [2.24, 2.45) is 0 Å². The van der Waals surface area contributed by atoms with Crippen molar-refractivity contribution in [2.45, 2.75) is 24.4 Å². The summed E-state index contributed by atoms with van der Waals surface area (Å²) in [5, 5.41) is 3.41. The summed E-state index contributed by atoms with van der Waals surface area (Å²) in [4.78, 5) is 12.5. The number of hydrogen-bond acceptors (Lipinski definition) is 4. The highest BCUT2D eigenvalue weighted by atomic mass is 35.5. The molecule has 0 heterocycles. The van der Waals surface area contributed by atoms with Gasteiger partial charge in [-0.1, -0.05) is 47.5 Å². The monoisotopic (exact) mass is 444 g/mol. The molecule has 152 valence electrons. The summed E-state index contributed by atoms with van der Waals surface area (Å²) in [6.45, 7) is 1.73. The molecule has 0 aromatic heterocycles. The van der Waals surface area contributed by atoms with E-state index in [1.807, 2.05) is 0 Å². The Balaban J connectivity index is 2.29. The molecule has 0 aliphatic rings. The van der Waals surface area contributed by atoms with Crippen LogP contribution in [0.15, 0.2) is 53.4 Å². The SMILES string of the molecule is COC[C@@H](C)NC(=O)CN(Cc1ccc(Cl)c(Cl)c1)S(=O)(=O)c1ccccc1. The third kappa shape index (κ3) is 6.18. The van der Waals surface area contributed by atoms with Gasteiger partial charge in [0.25, 0.3) is 0 Å². The average molecular weight is 445 g/mol. The summed E-state index contributed by atoms with van der Waals surface area (Å²) < 4.78 is 32.3. The fourth-order valence-electron chi connectivity index (χ4n) is 2.58. The number of halogens is 2. The van der Waals surface area contributed by atoms with E-state index in [1.54, 1.807) is 43.3 Å². The van der Waals surface area contributed by atoms with Crippen LogP contribution >= 0.6 is 23.2 Å². The van der Waals surface area contributed by atoms with Crippen LogP contribution in [-0.2, 0) is 26.1 Å². The maximum absolute atomic E-state index is 13.1. The number of benzene rings is 2. The summed E-state index contributed by atoms with van der Waals surface area (Å²) in [6, 6.07) is 12.6. The van der Waals surface area contributed by atoms with Crippen LogP contribution in [0.25, 0.3) is 0 Å². The second-order valence-electron chi connectivity index (χ2n) is 6.26. The summed E-state index contributed by atoms with van der Waals surface area (Å²) >= 11 is 12.0. The van der Waals surface area contributed by atoms with Crippen molar-refractivity contribution >= 4 is 39.1 Å². The molecule has 2 rings (SSSR count). The number of carbonyl (C=O) groups excluding carboxylic acids is 1. The molecular weight excluding hydrogens is 423 g/mol. The minimum atomic E-state index is -3.90. The van der Waals surface area contributed by atoms with E-state index in [4.69, 9.17) is 27.9 Å². The predicted octanol–water partition coefficient (Wildman–Crippen LogP) is 3.34. The van der Waals surface area contributed by atoms with Crippen LogP contribution < -0.4 is 5.32 Å². The van der Waals surface area contributed by atoms with Crippen molar-refractivity contribution in [3.05, 3.63) is 64.1 Å². The topological polar surface area (TPSA) is 75.7 Å². The first-order valence-electron chi connectivity index (χ1n) is 8.51. The normalized spacial score (nSPS) is 12.8. The van der Waals surface area contributed by atoms with Gasteiger partial charge in [0, 0.05) is 19.7 Å². The highest BCUT2D eigenvalue weighted by Crippen LogP contribution is 2.25. The average Bonchev–Trinajstić information content (AvgIpc) is 2.65. The zero-order valence-electron chi connectivity index (χ0n) is 15.6. The molecule has 2 aromatic carbocycles. The molecule has 0 saturated carbocycles. The van der Waals surface area contributed by atoms with Crippen molar-refractivity contribution in [3.8, 4) is 0 Å². The van der Waals surface area contributed by atoms with Crippen LogP contribution in [0.4, 0.5) is 0 Å². The summed E-state index contributed by atoms with van der Waals surface area (Å²) in [5.41, 5.74) is 0.617. The van der Waals surface area contributed by atoms with Gasteiger partial charge in [-0.05, 0) is 36.8 Å². The van der Waals surface area contributed by atoms with Crippen molar-refractivity contribution in [1.82, 2.24) is 9.62 Å². The van der Waals surface area contributed by atoms with E-state index < -0.39 is 15.9 Å². The first-order valence-corrected chi connectivity index (χ1v) is 10.7. The first kappa shape index (κ1) is 22.6. The molecule has 9 heteroatoms. The maximum Gasteiger partial charge on any atom is 0.243 e. The Morgan fingerprint density at radius 3 is 2.43 bits per heavy atom. The minimum Gasteiger partial charge on any atom is -0.383 e. The zero-order valence-corrected chi connectivity index (χ0v) is 17.9. The number of rotatable bonds is 9. The standard InChI is InChI=1S/C19H22Cl2N2O4S/c1-14(13-27-2)22-19(24)12-23(11-15-8-9-17(20)18(21)10-15)28(25,26)16-6-4-3-5-7-16/h3-10,14H,11-13H2,1-2H3,(H,22,24)/t14-/m1/s1. The Morgan fingerprint density at radius 1 is 1.14 bits per heavy atom. The van der Waals surface area contributed by atoms with Gasteiger partial charge >= 0.3 is 0 Å². The van der Waals surface area contributed by atoms with E-state index in [0.717, 1.165) is 4.31 Å². The fourth-order valence-corrected chi connectivity index (χ4v) is 4.31. The number of sulfonamides is 1. The lowest BCUT2D eigenvalue weighted by atomic mass is 10.2. The highest BCUT2D eigenvalue weighted by molar-refractivity contribution is 7.89. The van der Waals surface area contributed by atoms with Gasteiger partial charge in [-0.3, -0.25) is 4.79 Å². The van der Waals surface area contributed by atoms with Gasteiger partial charge in [0.05, 0.1) is 28.1 Å². The number of nitrogens with one attached hydrogen (secondary N) is 1. The predicted molar refractivity (Wildman–Crippen MR) is 110 cm³/mol. The second kappa shape index (κ2) is 10.2. The molecule has 0 aliphatic heterocycles. The number of nitrogens with zero attached hydrogens (tertiary/aromatic N) is 1. The Hall–Kier alpha value is -1.64. The maximum atomic E-state index is 13.1. The largest absolute Gasteiger partial charge is 0.383 e. The molecule has 1 N–H and O–H groups in total. The molecule has 0 fully saturated rings. The molecule has 2 aromatic rings. The van der Waals surface area contributed by atoms with Crippen LogP contribution in [0.3, 0.4) is 0 Å². The van der Waals surface area contributed by atoms with E-state index in [0.29, 0.717) is 22.2 Å². The zero-order chi connectivity index (χ0) is 20.7. The lowest BCUT2D eigenvalue weighted by Crippen LogP contribution is -2.44. The van der Waals surface area contributed by atoms with Gasteiger partial charge in [0.2, 0.25) is 15.9 Å². The summed E-state index contributed by atoms with van der Waals surface area (Å²) in [7, 11) is -2.37. The van der Waals surface area contributed by atoms with E-state index in [2.05, 4.69) is 5.32 Å². The first-order chi connectivity index (χ1) is 13.2.